The number of carbonyl (C=O) groups excluding carboxylic acids is 1. The molecule has 0 spiro atoms. The first-order chi connectivity index (χ1) is 8.47. The Bertz CT molecular complexity index is 459. The van der Waals surface area contributed by atoms with E-state index in [2.05, 4.69) is 0 Å². The first-order valence-electron chi connectivity index (χ1n) is 5.58. The number of aryl methyl sites for hydroxylation is 1. The largest absolute Gasteiger partial charge is 0.396 e. The Labute approximate surface area is 105 Å². The second-order valence-electron chi connectivity index (χ2n) is 4.06. The minimum absolute atomic E-state index is 0.00422. The van der Waals surface area contributed by atoms with Crippen molar-refractivity contribution in [3.63, 3.8) is 0 Å². The van der Waals surface area contributed by atoms with Crippen LogP contribution in [0.4, 0.5) is 5.69 Å². The molecular formula is C12H16N2O4. The quantitative estimate of drug-likeness (QED) is 0.633. The van der Waals surface area contributed by atoms with Crippen molar-refractivity contribution < 1.29 is 14.8 Å². The third-order valence-corrected chi connectivity index (χ3v) is 2.64. The molecule has 1 N–H and O–H groups in total. The van der Waals surface area contributed by atoms with Gasteiger partial charge in [0.1, 0.15) is 0 Å². The normalized spacial score (nSPS) is 10.2. The molecule has 0 bridgehead atoms. The van der Waals surface area contributed by atoms with Crippen LogP contribution in [0, 0.1) is 17.0 Å². The number of amides is 1. The average molecular weight is 252 g/mol. The summed E-state index contributed by atoms with van der Waals surface area (Å²) < 4.78 is 0. The second kappa shape index (κ2) is 6.11. The molecule has 0 heterocycles. The second-order valence-corrected chi connectivity index (χ2v) is 4.06. The molecule has 0 fully saturated rings. The monoisotopic (exact) mass is 252 g/mol. The van der Waals surface area contributed by atoms with Gasteiger partial charge >= 0.3 is 0 Å². The molecule has 18 heavy (non-hydrogen) atoms. The number of benzene rings is 1. The van der Waals surface area contributed by atoms with Crippen LogP contribution in [-0.2, 0) is 0 Å². The molecule has 0 aliphatic carbocycles. The zero-order valence-electron chi connectivity index (χ0n) is 10.4. The van der Waals surface area contributed by atoms with Crippen LogP contribution in [0.5, 0.6) is 0 Å². The van der Waals surface area contributed by atoms with Crippen LogP contribution in [0.3, 0.4) is 0 Å². The van der Waals surface area contributed by atoms with Crippen LogP contribution >= 0.6 is 0 Å². The Balaban J connectivity index is 2.87. The number of hydrogen-bond donors (Lipinski definition) is 1. The van der Waals surface area contributed by atoms with Gasteiger partial charge in [0.25, 0.3) is 11.6 Å². The van der Waals surface area contributed by atoms with Crippen LogP contribution < -0.4 is 0 Å². The van der Waals surface area contributed by atoms with E-state index in [0.717, 1.165) is 0 Å². The molecule has 0 aliphatic rings. The molecule has 0 atom stereocenters. The molecule has 0 radical (unpaired) electrons. The van der Waals surface area contributed by atoms with Crippen molar-refractivity contribution in [2.75, 3.05) is 20.2 Å². The average Bonchev–Trinajstić information content (AvgIpc) is 2.34. The summed E-state index contributed by atoms with van der Waals surface area (Å²) >= 11 is 0. The van der Waals surface area contributed by atoms with Crippen molar-refractivity contribution in [3.8, 4) is 0 Å². The number of nitro benzene ring substituents is 1. The molecule has 0 saturated carbocycles. The minimum Gasteiger partial charge on any atom is -0.396 e. The zero-order valence-corrected chi connectivity index (χ0v) is 10.4. The van der Waals surface area contributed by atoms with Gasteiger partial charge in [-0.3, -0.25) is 14.9 Å². The summed E-state index contributed by atoms with van der Waals surface area (Å²) in [7, 11) is 1.63. The van der Waals surface area contributed by atoms with E-state index in [4.69, 9.17) is 5.11 Å². The highest BCUT2D eigenvalue weighted by molar-refractivity contribution is 5.94. The molecule has 1 amide bonds. The van der Waals surface area contributed by atoms with Crippen molar-refractivity contribution >= 4 is 11.6 Å². The Morgan fingerprint density at radius 2 is 2.17 bits per heavy atom. The summed E-state index contributed by atoms with van der Waals surface area (Å²) in [5, 5.41) is 19.4. The van der Waals surface area contributed by atoms with Crippen molar-refractivity contribution in [2.24, 2.45) is 0 Å². The number of rotatable bonds is 5. The van der Waals surface area contributed by atoms with Crippen LogP contribution in [0.15, 0.2) is 18.2 Å². The number of nitro groups is 1. The lowest BCUT2D eigenvalue weighted by molar-refractivity contribution is -0.385. The molecule has 6 nitrogen and oxygen atoms in total. The lowest BCUT2D eigenvalue weighted by Crippen LogP contribution is -2.28. The van der Waals surface area contributed by atoms with Crippen molar-refractivity contribution in [1.82, 2.24) is 4.90 Å². The fraction of sp³-hybridized carbons (Fsp3) is 0.417. The van der Waals surface area contributed by atoms with Gasteiger partial charge in [-0.2, -0.15) is 0 Å². The van der Waals surface area contributed by atoms with Gasteiger partial charge in [0.05, 0.1) is 4.92 Å². The summed E-state index contributed by atoms with van der Waals surface area (Å²) in [5.74, 6) is -0.207. The van der Waals surface area contributed by atoms with E-state index in [1.807, 2.05) is 0 Å². The van der Waals surface area contributed by atoms with E-state index in [0.29, 0.717) is 24.1 Å². The highest BCUT2D eigenvalue weighted by atomic mass is 16.6. The molecule has 98 valence electrons. The van der Waals surface area contributed by atoms with Gasteiger partial charge in [0.2, 0.25) is 0 Å². The standard InChI is InChI=1S/C12H16N2O4/c1-9-8-10(4-5-11(9)14(17)18)12(16)13(2)6-3-7-15/h4-5,8,15H,3,6-7H2,1-2H3. The third kappa shape index (κ3) is 3.27. The maximum atomic E-state index is 12.0. The SMILES string of the molecule is Cc1cc(C(=O)N(C)CCCO)ccc1[N+](=O)[O-]. The summed E-state index contributed by atoms with van der Waals surface area (Å²) in [6.07, 6.45) is 0.508. The first kappa shape index (κ1) is 14.1. The number of hydrogen-bond acceptors (Lipinski definition) is 4. The highest BCUT2D eigenvalue weighted by Gasteiger charge is 2.16. The van der Waals surface area contributed by atoms with E-state index in [1.54, 1.807) is 14.0 Å². The predicted octanol–water partition coefficient (Wildman–Crippen LogP) is 1.36. The Morgan fingerprint density at radius 3 is 2.67 bits per heavy atom. The molecule has 1 aromatic carbocycles. The molecule has 0 unspecified atom stereocenters. The van der Waals surface area contributed by atoms with Crippen LogP contribution in [-0.4, -0.2) is 41.0 Å². The number of aliphatic hydroxyl groups is 1. The van der Waals surface area contributed by atoms with E-state index < -0.39 is 4.92 Å². The molecule has 0 aliphatic heterocycles. The number of nitrogens with zero attached hydrogens (tertiary/aromatic N) is 2. The van der Waals surface area contributed by atoms with Gasteiger partial charge in [0.15, 0.2) is 0 Å². The van der Waals surface area contributed by atoms with Gasteiger partial charge < -0.3 is 10.0 Å². The lowest BCUT2D eigenvalue weighted by atomic mass is 10.1. The molecular weight excluding hydrogens is 236 g/mol. The zero-order chi connectivity index (χ0) is 13.7. The van der Waals surface area contributed by atoms with Crippen molar-refractivity contribution in [2.45, 2.75) is 13.3 Å². The summed E-state index contributed by atoms with van der Waals surface area (Å²) in [5.41, 5.74) is 0.879. The van der Waals surface area contributed by atoms with Crippen LogP contribution in [0.2, 0.25) is 0 Å². The first-order valence-corrected chi connectivity index (χ1v) is 5.58. The van der Waals surface area contributed by atoms with Gasteiger partial charge in [-0.1, -0.05) is 0 Å². The highest BCUT2D eigenvalue weighted by Crippen LogP contribution is 2.19. The van der Waals surface area contributed by atoms with Gasteiger partial charge in [-0.05, 0) is 25.5 Å². The topological polar surface area (TPSA) is 83.7 Å². The fourth-order valence-electron chi connectivity index (χ4n) is 1.62. The van der Waals surface area contributed by atoms with Crippen LogP contribution in [0.1, 0.15) is 22.3 Å². The lowest BCUT2D eigenvalue weighted by Gasteiger charge is -2.16. The van der Waals surface area contributed by atoms with Gasteiger partial charge in [0, 0.05) is 37.4 Å². The van der Waals surface area contributed by atoms with Crippen molar-refractivity contribution in [1.29, 1.82) is 0 Å². The van der Waals surface area contributed by atoms with Gasteiger partial charge in [-0.15, -0.1) is 0 Å². The number of carbonyl (C=O) groups is 1. The Morgan fingerprint density at radius 1 is 1.50 bits per heavy atom. The van der Waals surface area contributed by atoms with E-state index in [1.165, 1.54) is 23.1 Å². The van der Waals surface area contributed by atoms with Crippen LogP contribution in [0.25, 0.3) is 0 Å². The Hall–Kier alpha value is -1.95. The van der Waals surface area contributed by atoms with Gasteiger partial charge in [-0.25, -0.2) is 0 Å². The smallest absolute Gasteiger partial charge is 0.272 e. The molecule has 0 saturated heterocycles. The van der Waals surface area contributed by atoms with E-state index >= 15 is 0 Å². The third-order valence-electron chi connectivity index (χ3n) is 2.64. The maximum Gasteiger partial charge on any atom is 0.272 e. The Kier molecular flexibility index (Phi) is 4.79. The molecule has 6 heteroatoms. The maximum absolute atomic E-state index is 12.0. The summed E-state index contributed by atoms with van der Waals surface area (Å²) in [6.45, 7) is 2.07. The van der Waals surface area contributed by atoms with E-state index in [-0.39, 0.29) is 18.2 Å². The molecule has 0 aromatic heterocycles. The molecule has 1 rings (SSSR count). The summed E-state index contributed by atoms with van der Waals surface area (Å²) in [6, 6.07) is 4.29. The fourth-order valence-corrected chi connectivity index (χ4v) is 1.62. The summed E-state index contributed by atoms with van der Waals surface area (Å²) in [4.78, 5) is 23.6. The van der Waals surface area contributed by atoms with E-state index in [9.17, 15) is 14.9 Å². The molecule has 1 aromatic rings. The minimum atomic E-state index is -0.473. The van der Waals surface area contributed by atoms with Crippen molar-refractivity contribution in [3.05, 3.63) is 39.4 Å². The predicted molar refractivity (Wildman–Crippen MR) is 66.5 cm³/mol. The number of aliphatic hydroxyl groups excluding tert-OH is 1.